The van der Waals surface area contributed by atoms with Crippen LogP contribution in [-0.2, 0) is 6.42 Å². The lowest BCUT2D eigenvalue weighted by Crippen LogP contribution is -2.10. The third-order valence-corrected chi connectivity index (χ3v) is 1.83. The Kier molecular flexibility index (Phi) is 3.09. The largest absolute Gasteiger partial charge is 0.318 e. The quantitative estimate of drug-likeness (QED) is 0.633. The Bertz CT molecular complexity index is 253. The van der Waals surface area contributed by atoms with Gasteiger partial charge in [0.15, 0.2) is 0 Å². The number of hydrogen-bond acceptors (Lipinski definition) is 3. The summed E-state index contributed by atoms with van der Waals surface area (Å²) in [5.41, 5.74) is 5.44. The van der Waals surface area contributed by atoms with Crippen LogP contribution in [0.1, 0.15) is 11.9 Å². The van der Waals surface area contributed by atoms with Crippen molar-refractivity contribution in [3.8, 4) is 11.8 Å². The van der Waals surface area contributed by atoms with Gasteiger partial charge in [0, 0.05) is 11.6 Å². The van der Waals surface area contributed by atoms with E-state index in [0.717, 1.165) is 11.4 Å². The molecule has 0 spiro atoms. The molecule has 1 unspecified atom stereocenters. The van der Waals surface area contributed by atoms with Gasteiger partial charge in [0.1, 0.15) is 5.01 Å². The third kappa shape index (κ3) is 3.17. The number of aromatic nitrogens is 1. The molecule has 3 heteroatoms. The number of rotatable bonds is 1. The molecular formula is C8H10N2S. The van der Waals surface area contributed by atoms with E-state index < -0.39 is 0 Å². The van der Waals surface area contributed by atoms with Crippen LogP contribution in [0.15, 0.2) is 11.6 Å². The molecule has 58 valence electrons. The first-order valence-corrected chi connectivity index (χ1v) is 4.29. The molecule has 0 aliphatic carbocycles. The van der Waals surface area contributed by atoms with Gasteiger partial charge in [-0.3, -0.25) is 0 Å². The minimum Gasteiger partial charge on any atom is -0.318 e. The van der Waals surface area contributed by atoms with E-state index in [1.807, 2.05) is 12.3 Å². The summed E-state index contributed by atoms with van der Waals surface area (Å²) in [6.07, 6.45) is 2.51. The molecule has 0 fully saturated rings. The Balaban J connectivity index is 2.42. The van der Waals surface area contributed by atoms with Crippen molar-refractivity contribution in [2.75, 3.05) is 0 Å². The molecule has 0 amide bonds. The van der Waals surface area contributed by atoms with Crippen LogP contribution < -0.4 is 5.73 Å². The number of nitrogens with two attached hydrogens (primary N) is 1. The van der Waals surface area contributed by atoms with Crippen LogP contribution in [0.3, 0.4) is 0 Å². The highest BCUT2D eigenvalue weighted by atomic mass is 32.1. The molecule has 0 aliphatic rings. The number of thiazole rings is 1. The van der Waals surface area contributed by atoms with Crippen molar-refractivity contribution in [2.45, 2.75) is 19.4 Å². The van der Waals surface area contributed by atoms with Gasteiger partial charge in [-0.1, -0.05) is 11.8 Å². The van der Waals surface area contributed by atoms with E-state index in [1.165, 1.54) is 0 Å². The fraction of sp³-hybridized carbons (Fsp3) is 0.375. The zero-order chi connectivity index (χ0) is 8.10. The van der Waals surface area contributed by atoms with Gasteiger partial charge in [0.2, 0.25) is 0 Å². The summed E-state index contributed by atoms with van der Waals surface area (Å²) in [4.78, 5) is 4.09. The average molecular weight is 166 g/mol. The van der Waals surface area contributed by atoms with Crippen molar-refractivity contribution >= 4 is 11.3 Å². The molecule has 0 bridgehead atoms. The molecular weight excluding hydrogens is 156 g/mol. The summed E-state index contributed by atoms with van der Waals surface area (Å²) < 4.78 is 0. The molecule has 1 heterocycles. The highest BCUT2D eigenvalue weighted by Gasteiger charge is 1.89. The van der Waals surface area contributed by atoms with Crippen LogP contribution >= 0.6 is 11.3 Å². The van der Waals surface area contributed by atoms with Gasteiger partial charge >= 0.3 is 0 Å². The maximum atomic E-state index is 5.44. The normalized spacial score (nSPS) is 11.8. The summed E-state index contributed by atoms with van der Waals surface area (Å²) in [6.45, 7) is 1.87. The molecule has 2 N–H and O–H groups in total. The molecule has 11 heavy (non-hydrogen) atoms. The summed E-state index contributed by atoms with van der Waals surface area (Å²) in [5.74, 6) is 5.84. The first-order valence-electron chi connectivity index (χ1n) is 3.41. The fourth-order valence-corrected chi connectivity index (χ4v) is 1.18. The van der Waals surface area contributed by atoms with Gasteiger partial charge in [0.05, 0.1) is 12.5 Å². The summed E-state index contributed by atoms with van der Waals surface area (Å²) in [7, 11) is 0. The molecule has 0 aromatic carbocycles. The van der Waals surface area contributed by atoms with Gasteiger partial charge in [-0.25, -0.2) is 4.98 Å². The van der Waals surface area contributed by atoms with Crippen LogP contribution in [0.2, 0.25) is 0 Å². The predicted molar refractivity (Wildman–Crippen MR) is 47.2 cm³/mol. The van der Waals surface area contributed by atoms with Crippen LogP contribution in [0.25, 0.3) is 0 Å². The Morgan fingerprint density at radius 1 is 1.82 bits per heavy atom. The van der Waals surface area contributed by atoms with Crippen molar-refractivity contribution in [1.82, 2.24) is 4.98 Å². The van der Waals surface area contributed by atoms with Gasteiger partial charge < -0.3 is 5.73 Å². The maximum Gasteiger partial charge on any atom is 0.104 e. The Labute approximate surface area is 70.5 Å². The third-order valence-electron chi connectivity index (χ3n) is 1.05. The van der Waals surface area contributed by atoms with Crippen LogP contribution in [0.4, 0.5) is 0 Å². The lowest BCUT2D eigenvalue weighted by Gasteiger charge is -1.87. The first-order chi connectivity index (χ1) is 5.29. The molecule has 1 rings (SSSR count). The highest BCUT2D eigenvalue weighted by Crippen LogP contribution is 2.02. The van der Waals surface area contributed by atoms with Gasteiger partial charge in [-0.2, -0.15) is 0 Å². The number of hydrogen-bond donors (Lipinski definition) is 1. The zero-order valence-corrected chi connectivity index (χ0v) is 7.19. The summed E-state index contributed by atoms with van der Waals surface area (Å²) >= 11 is 1.62. The Hall–Kier alpha value is -0.850. The van der Waals surface area contributed by atoms with Crippen molar-refractivity contribution < 1.29 is 0 Å². The summed E-state index contributed by atoms with van der Waals surface area (Å²) in [6, 6.07) is -0.0324. The molecule has 1 aromatic rings. The van der Waals surface area contributed by atoms with Crippen LogP contribution in [0, 0.1) is 11.8 Å². The molecule has 0 aliphatic heterocycles. The second kappa shape index (κ2) is 4.12. The van der Waals surface area contributed by atoms with E-state index in [4.69, 9.17) is 5.73 Å². The second-order valence-electron chi connectivity index (χ2n) is 2.21. The summed E-state index contributed by atoms with van der Waals surface area (Å²) in [5, 5.41) is 3.00. The van der Waals surface area contributed by atoms with Crippen molar-refractivity contribution in [1.29, 1.82) is 0 Å². The maximum absolute atomic E-state index is 5.44. The van der Waals surface area contributed by atoms with Crippen molar-refractivity contribution in [3.05, 3.63) is 16.6 Å². The molecule has 0 saturated carbocycles. The minimum atomic E-state index is -0.0324. The van der Waals surface area contributed by atoms with Crippen molar-refractivity contribution in [3.63, 3.8) is 0 Å². The molecule has 0 radical (unpaired) electrons. The lowest BCUT2D eigenvalue weighted by molar-refractivity contribution is 0.957. The highest BCUT2D eigenvalue weighted by molar-refractivity contribution is 7.09. The molecule has 2 nitrogen and oxygen atoms in total. The minimum absolute atomic E-state index is 0.0324. The van der Waals surface area contributed by atoms with E-state index in [2.05, 4.69) is 16.8 Å². The first kappa shape index (κ1) is 8.25. The molecule has 0 saturated heterocycles. The SMILES string of the molecule is CC(N)C#CCc1nccs1. The van der Waals surface area contributed by atoms with Gasteiger partial charge in [-0.15, -0.1) is 11.3 Å². The van der Waals surface area contributed by atoms with E-state index in [-0.39, 0.29) is 6.04 Å². The predicted octanol–water partition coefficient (Wildman–Crippen LogP) is 1.04. The lowest BCUT2D eigenvalue weighted by atomic mass is 10.3. The Morgan fingerprint density at radius 3 is 3.18 bits per heavy atom. The van der Waals surface area contributed by atoms with Gasteiger partial charge in [-0.05, 0) is 6.92 Å². The van der Waals surface area contributed by atoms with Gasteiger partial charge in [0.25, 0.3) is 0 Å². The number of nitrogens with zero attached hydrogens (tertiary/aromatic N) is 1. The topological polar surface area (TPSA) is 38.9 Å². The Morgan fingerprint density at radius 2 is 2.64 bits per heavy atom. The van der Waals surface area contributed by atoms with Crippen molar-refractivity contribution in [2.24, 2.45) is 5.73 Å². The fourth-order valence-electron chi connectivity index (χ4n) is 0.628. The van der Waals surface area contributed by atoms with Crippen LogP contribution in [0.5, 0.6) is 0 Å². The van der Waals surface area contributed by atoms with E-state index in [1.54, 1.807) is 17.5 Å². The average Bonchev–Trinajstić information content (AvgIpc) is 2.39. The zero-order valence-electron chi connectivity index (χ0n) is 6.37. The van der Waals surface area contributed by atoms with E-state index in [0.29, 0.717) is 0 Å². The monoisotopic (exact) mass is 166 g/mol. The molecule has 1 atom stereocenters. The standard InChI is InChI=1S/C8H10N2S/c1-7(9)3-2-4-8-10-5-6-11-8/h5-7H,4,9H2,1H3. The van der Waals surface area contributed by atoms with E-state index >= 15 is 0 Å². The van der Waals surface area contributed by atoms with E-state index in [9.17, 15) is 0 Å². The van der Waals surface area contributed by atoms with Crippen LogP contribution in [-0.4, -0.2) is 11.0 Å². The second-order valence-corrected chi connectivity index (χ2v) is 3.19. The molecule has 1 aromatic heterocycles. The smallest absolute Gasteiger partial charge is 0.104 e.